The van der Waals surface area contributed by atoms with E-state index in [-0.39, 0.29) is 12.5 Å². The van der Waals surface area contributed by atoms with Gasteiger partial charge < -0.3 is 10.2 Å². The fourth-order valence-electron chi connectivity index (χ4n) is 0.707. The number of aliphatic hydroxyl groups excluding tert-OH is 1. The Hall–Kier alpha value is -0.570. The van der Waals surface area contributed by atoms with Crippen LogP contribution in [0.15, 0.2) is 0 Å². The zero-order valence-electron chi connectivity index (χ0n) is 12.7. The minimum Gasteiger partial charge on any atom is -0.481 e. The standard InChI is InChI=1S/C8H18.C4H8O2.C2H6O/c1-5-6-7-8(2,3)4;1-3(2)4(5)6;1-2-3/h5-7H2,1-4H3;3H,1-2H3,(H,5,6);3H,2H2,1H3. The molecule has 106 valence electrons. The van der Waals surface area contributed by atoms with Crippen LogP contribution >= 0.6 is 0 Å². The monoisotopic (exact) mass is 248 g/mol. The van der Waals surface area contributed by atoms with Gasteiger partial charge in [0.25, 0.3) is 0 Å². The Morgan fingerprint density at radius 3 is 1.53 bits per heavy atom. The van der Waals surface area contributed by atoms with Gasteiger partial charge in [-0.2, -0.15) is 0 Å². The summed E-state index contributed by atoms with van der Waals surface area (Å²) in [5.74, 6) is -0.972. The zero-order chi connectivity index (χ0) is 14.5. The third-order valence-electron chi connectivity index (χ3n) is 1.77. The van der Waals surface area contributed by atoms with Crippen LogP contribution in [0.5, 0.6) is 0 Å². The molecule has 0 aliphatic rings. The second-order valence-corrected chi connectivity index (χ2v) is 5.47. The van der Waals surface area contributed by atoms with Crippen LogP contribution in [0.1, 0.15) is 67.7 Å². The normalized spacial score (nSPS) is 9.94. The summed E-state index contributed by atoms with van der Waals surface area (Å²) in [6.07, 6.45) is 4.07. The van der Waals surface area contributed by atoms with Crippen molar-refractivity contribution < 1.29 is 15.0 Å². The molecule has 0 rings (SSSR count). The Morgan fingerprint density at radius 2 is 1.47 bits per heavy atom. The molecule has 0 aliphatic carbocycles. The van der Waals surface area contributed by atoms with Crippen LogP contribution < -0.4 is 0 Å². The van der Waals surface area contributed by atoms with Crippen molar-refractivity contribution in [2.45, 2.75) is 67.7 Å². The second kappa shape index (κ2) is 13.5. The van der Waals surface area contributed by atoms with E-state index >= 15 is 0 Å². The van der Waals surface area contributed by atoms with Crippen LogP contribution in [0.2, 0.25) is 0 Å². The number of hydrogen-bond donors (Lipinski definition) is 2. The smallest absolute Gasteiger partial charge is 0.305 e. The highest BCUT2D eigenvalue weighted by Gasteiger charge is 2.07. The molecule has 2 N–H and O–H groups in total. The Labute approximate surface area is 107 Å². The van der Waals surface area contributed by atoms with E-state index in [1.54, 1.807) is 20.8 Å². The number of hydrogen-bond acceptors (Lipinski definition) is 2. The van der Waals surface area contributed by atoms with Gasteiger partial charge >= 0.3 is 5.97 Å². The van der Waals surface area contributed by atoms with Crippen molar-refractivity contribution in [3.63, 3.8) is 0 Å². The molecule has 0 amide bonds. The van der Waals surface area contributed by atoms with Crippen molar-refractivity contribution in [1.82, 2.24) is 0 Å². The third kappa shape index (κ3) is 39.2. The van der Waals surface area contributed by atoms with Crippen molar-refractivity contribution in [1.29, 1.82) is 0 Å². The highest BCUT2D eigenvalue weighted by molar-refractivity contribution is 5.68. The molecule has 0 radical (unpaired) electrons. The van der Waals surface area contributed by atoms with Gasteiger partial charge in [-0.15, -0.1) is 0 Å². The van der Waals surface area contributed by atoms with E-state index < -0.39 is 5.97 Å². The molecule has 17 heavy (non-hydrogen) atoms. The maximum absolute atomic E-state index is 9.70. The van der Waals surface area contributed by atoms with Crippen LogP contribution in [-0.2, 0) is 4.79 Å². The molecular formula is C14H32O3. The second-order valence-electron chi connectivity index (χ2n) is 5.47. The minimum absolute atomic E-state index is 0.231. The molecule has 0 heterocycles. The van der Waals surface area contributed by atoms with Gasteiger partial charge in [0, 0.05) is 6.61 Å². The summed E-state index contributed by atoms with van der Waals surface area (Å²) in [5.41, 5.74) is 0.552. The first-order valence-corrected chi connectivity index (χ1v) is 6.46. The topological polar surface area (TPSA) is 57.5 Å². The Balaban J connectivity index is -0.000000193. The van der Waals surface area contributed by atoms with Gasteiger partial charge in [-0.05, 0) is 18.8 Å². The van der Waals surface area contributed by atoms with Crippen molar-refractivity contribution in [3.8, 4) is 0 Å². The maximum Gasteiger partial charge on any atom is 0.305 e. The summed E-state index contributed by atoms with van der Waals surface area (Å²) in [5, 5.41) is 15.6. The Bertz CT molecular complexity index is 157. The zero-order valence-corrected chi connectivity index (χ0v) is 12.7. The van der Waals surface area contributed by atoms with Gasteiger partial charge in [0.2, 0.25) is 0 Å². The molecule has 0 atom stereocenters. The summed E-state index contributed by atoms with van der Waals surface area (Å²) in [7, 11) is 0. The number of unbranched alkanes of at least 4 members (excludes halogenated alkanes) is 1. The average Bonchev–Trinajstić information content (AvgIpc) is 2.15. The molecule has 0 bridgehead atoms. The number of carboxylic acids is 1. The lowest BCUT2D eigenvalue weighted by Gasteiger charge is -2.16. The van der Waals surface area contributed by atoms with E-state index in [9.17, 15) is 4.79 Å². The fourth-order valence-corrected chi connectivity index (χ4v) is 0.707. The molecule has 0 aliphatic heterocycles. The van der Waals surface area contributed by atoms with E-state index in [0.29, 0.717) is 5.41 Å². The highest BCUT2D eigenvalue weighted by Crippen LogP contribution is 2.20. The van der Waals surface area contributed by atoms with E-state index in [4.69, 9.17) is 10.2 Å². The predicted molar refractivity (Wildman–Crippen MR) is 74.2 cm³/mol. The molecule has 0 saturated heterocycles. The van der Waals surface area contributed by atoms with Gasteiger partial charge in [0.05, 0.1) is 5.92 Å². The number of rotatable bonds is 3. The molecule has 0 saturated carbocycles. The van der Waals surface area contributed by atoms with Gasteiger partial charge in [0.15, 0.2) is 0 Å². The van der Waals surface area contributed by atoms with Gasteiger partial charge in [-0.1, -0.05) is 54.4 Å². The molecule has 3 nitrogen and oxygen atoms in total. The third-order valence-corrected chi connectivity index (χ3v) is 1.77. The maximum atomic E-state index is 9.70. The Morgan fingerprint density at radius 1 is 1.18 bits per heavy atom. The quantitative estimate of drug-likeness (QED) is 0.795. The van der Waals surface area contributed by atoms with Crippen molar-refractivity contribution >= 4 is 5.97 Å². The van der Waals surface area contributed by atoms with Crippen LogP contribution in [0.3, 0.4) is 0 Å². The molecule has 0 spiro atoms. The lowest BCUT2D eigenvalue weighted by molar-refractivity contribution is -0.140. The predicted octanol–water partition coefficient (Wildman–Crippen LogP) is 3.95. The Kier molecular flexibility index (Phi) is 17.2. The molecule has 0 aromatic heterocycles. The van der Waals surface area contributed by atoms with Crippen molar-refractivity contribution in [2.24, 2.45) is 11.3 Å². The fraction of sp³-hybridized carbons (Fsp3) is 0.929. The molecule has 3 heteroatoms. The number of aliphatic hydroxyl groups is 1. The van der Waals surface area contributed by atoms with Crippen molar-refractivity contribution in [2.75, 3.05) is 6.61 Å². The molecular weight excluding hydrogens is 216 g/mol. The van der Waals surface area contributed by atoms with Crippen LogP contribution in [-0.4, -0.2) is 22.8 Å². The van der Waals surface area contributed by atoms with Gasteiger partial charge in [-0.25, -0.2) is 0 Å². The summed E-state index contributed by atoms with van der Waals surface area (Å²) in [4.78, 5) is 9.70. The first kappa shape index (κ1) is 21.7. The minimum atomic E-state index is -0.741. The summed E-state index contributed by atoms with van der Waals surface area (Å²) in [6, 6.07) is 0. The number of carbonyl (C=O) groups is 1. The average molecular weight is 248 g/mol. The van der Waals surface area contributed by atoms with E-state index in [1.165, 1.54) is 19.3 Å². The lowest BCUT2D eigenvalue weighted by atomic mass is 9.90. The number of carboxylic acid groups (broad SMARTS) is 1. The molecule has 0 aromatic rings. The van der Waals surface area contributed by atoms with E-state index in [1.807, 2.05) is 0 Å². The molecule has 0 aromatic carbocycles. The van der Waals surface area contributed by atoms with Crippen LogP contribution in [0.25, 0.3) is 0 Å². The van der Waals surface area contributed by atoms with Crippen LogP contribution in [0.4, 0.5) is 0 Å². The highest BCUT2D eigenvalue weighted by atomic mass is 16.4. The van der Waals surface area contributed by atoms with Crippen molar-refractivity contribution in [3.05, 3.63) is 0 Å². The first-order valence-electron chi connectivity index (χ1n) is 6.46. The SMILES string of the molecule is CC(C)C(=O)O.CCCCC(C)(C)C.CCO. The molecule has 0 unspecified atom stereocenters. The summed E-state index contributed by atoms with van der Waals surface area (Å²) in [6.45, 7) is 14.3. The largest absolute Gasteiger partial charge is 0.481 e. The molecule has 0 fully saturated rings. The van der Waals surface area contributed by atoms with Gasteiger partial charge in [-0.3, -0.25) is 4.79 Å². The van der Waals surface area contributed by atoms with Gasteiger partial charge in [0.1, 0.15) is 0 Å². The first-order chi connectivity index (χ1) is 7.62. The summed E-state index contributed by atoms with van der Waals surface area (Å²) < 4.78 is 0. The van der Waals surface area contributed by atoms with Crippen LogP contribution in [0, 0.1) is 11.3 Å². The van der Waals surface area contributed by atoms with E-state index in [2.05, 4.69) is 27.7 Å². The summed E-state index contributed by atoms with van der Waals surface area (Å²) >= 11 is 0. The lowest BCUT2D eigenvalue weighted by Crippen LogP contribution is -2.03. The number of aliphatic carboxylic acids is 1. The van der Waals surface area contributed by atoms with E-state index in [0.717, 1.165) is 0 Å².